The highest BCUT2D eigenvalue weighted by atomic mass is 35.5. The van der Waals surface area contributed by atoms with Gasteiger partial charge in [-0.25, -0.2) is 0 Å². The number of piperidine rings is 1. The van der Waals surface area contributed by atoms with E-state index in [2.05, 4.69) is 17.1 Å². The molecule has 0 aliphatic carbocycles. The van der Waals surface area contributed by atoms with Crippen LogP contribution in [0.4, 0.5) is 0 Å². The molecule has 3 N–H and O–H groups in total. The van der Waals surface area contributed by atoms with Crippen molar-refractivity contribution in [1.82, 2.24) is 10.2 Å². The van der Waals surface area contributed by atoms with Gasteiger partial charge < -0.3 is 11.1 Å². The molecular formula is C17H29Cl2N3O. The SMILES string of the molecule is Cc1ccc(C(N)C(=O)NCCN2CCCCC2C)cc1.Cl.Cl. The van der Waals surface area contributed by atoms with Crippen LogP contribution in [-0.2, 0) is 4.79 Å². The van der Waals surface area contributed by atoms with Crippen molar-refractivity contribution in [2.45, 2.75) is 45.2 Å². The molecule has 1 fully saturated rings. The van der Waals surface area contributed by atoms with Gasteiger partial charge in [-0.2, -0.15) is 0 Å². The number of likely N-dealkylation sites (tertiary alicyclic amines) is 1. The zero-order valence-corrected chi connectivity index (χ0v) is 15.6. The van der Waals surface area contributed by atoms with Crippen LogP contribution in [0.5, 0.6) is 0 Å². The number of nitrogens with zero attached hydrogens (tertiary/aromatic N) is 1. The number of amides is 1. The summed E-state index contributed by atoms with van der Waals surface area (Å²) in [5.74, 6) is -0.0940. The summed E-state index contributed by atoms with van der Waals surface area (Å²) in [6, 6.07) is 7.86. The third-order valence-corrected chi connectivity index (χ3v) is 4.36. The number of rotatable bonds is 5. The zero-order valence-electron chi connectivity index (χ0n) is 14.0. The Balaban J connectivity index is 0.00000242. The van der Waals surface area contributed by atoms with Crippen LogP contribution in [-0.4, -0.2) is 36.5 Å². The van der Waals surface area contributed by atoms with Crippen LogP contribution in [0.2, 0.25) is 0 Å². The molecule has 2 rings (SSSR count). The van der Waals surface area contributed by atoms with E-state index in [4.69, 9.17) is 5.73 Å². The van der Waals surface area contributed by atoms with Gasteiger partial charge in [-0.05, 0) is 38.8 Å². The van der Waals surface area contributed by atoms with Gasteiger partial charge in [0.05, 0.1) is 0 Å². The van der Waals surface area contributed by atoms with Crippen molar-refractivity contribution in [3.05, 3.63) is 35.4 Å². The van der Waals surface area contributed by atoms with Crippen molar-refractivity contribution in [2.24, 2.45) is 5.73 Å². The molecule has 1 aromatic rings. The number of hydrogen-bond acceptors (Lipinski definition) is 3. The Morgan fingerprint density at radius 3 is 2.57 bits per heavy atom. The number of halogens is 2. The Hall–Kier alpha value is -0.810. The van der Waals surface area contributed by atoms with Crippen molar-refractivity contribution in [3.63, 3.8) is 0 Å². The van der Waals surface area contributed by atoms with Gasteiger partial charge in [0.25, 0.3) is 0 Å². The van der Waals surface area contributed by atoms with Crippen LogP contribution in [0.3, 0.4) is 0 Å². The van der Waals surface area contributed by atoms with Crippen LogP contribution in [0.25, 0.3) is 0 Å². The molecule has 0 bridgehead atoms. The van der Waals surface area contributed by atoms with E-state index in [1.165, 1.54) is 24.8 Å². The molecule has 0 aromatic heterocycles. The average molecular weight is 362 g/mol. The predicted molar refractivity (Wildman–Crippen MR) is 100 cm³/mol. The molecular weight excluding hydrogens is 333 g/mol. The van der Waals surface area contributed by atoms with Gasteiger partial charge in [-0.3, -0.25) is 9.69 Å². The highest BCUT2D eigenvalue weighted by Gasteiger charge is 2.19. The van der Waals surface area contributed by atoms with E-state index in [-0.39, 0.29) is 30.7 Å². The number of carbonyl (C=O) groups is 1. The minimum absolute atomic E-state index is 0. The lowest BCUT2D eigenvalue weighted by Crippen LogP contribution is -2.44. The Kier molecular flexibility index (Phi) is 10.5. The molecule has 1 heterocycles. The van der Waals surface area contributed by atoms with Crippen LogP contribution in [0.1, 0.15) is 43.4 Å². The Bertz CT molecular complexity index is 467. The first-order valence-corrected chi connectivity index (χ1v) is 7.92. The van der Waals surface area contributed by atoms with Gasteiger partial charge >= 0.3 is 0 Å². The average Bonchev–Trinajstić information content (AvgIpc) is 2.49. The van der Waals surface area contributed by atoms with E-state index in [9.17, 15) is 4.79 Å². The van der Waals surface area contributed by atoms with Crippen molar-refractivity contribution in [3.8, 4) is 0 Å². The lowest BCUT2D eigenvalue weighted by Gasteiger charge is -2.33. The fourth-order valence-corrected chi connectivity index (χ4v) is 2.85. The lowest BCUT2D eigenvalue weighted by atomic mass is 10.0. The van der Waals surface area contributed by atoms with Crippen LogP contribution < -0.4 is 11.1 Å². The standard InChI is InChI=1S/C17H27N3O.2ClH/c1-13-6-8-15(9-7-13)16(18)17(21)19-10-12-20-11-4-3-5-14(20)2;;/h6-9,14,16H,3-5,10-12,18H2,1-2H3,(H,19,21);2*1H. The fourth-order valence-electron chi connectivity index (χ4n) is 2.85. The third kappa shape index (κ3) is 6.68. The summed E-state index contributed by atoms with van der Waals surface area (Å²) in [4.78, 5) is 14.5. The van der Waals surface area contributed by atoms with Gasteiger partial charge in [0.2, 0.25) is 5.91 Å². The minimum Gasteiger partial charge on any atom is -0.353 e. The lowest BCUT2D eigenvalue weighted by molar-refractivity contribution is -0.122. The van der Waals surface area contributed by atoms with E-state index in [1.807, 2.05) is 31.2 Å². The molecule has 132 valence electrons. The van der Waals surface area contributed by atoms with Crippen LogP contribution >= 0.6 is 24.8 Å². The van der Waals surface area contributed by atoms with E-state index in [0.717, 1.165) is 18.7 Å². The van der Waals surface area contributed by atoms with E-state index >= 15 is 0 Å². The minimum atomic E-state index is -0.579. The Morgan fingerprint density at radius 2 is 1.96 bits per heavy atom. The fraction of sp³-hybridized carbons (Fsp3) is 0.588. The second-order valence-corrected chi connectivity index (χ2v) is 6.06. The van der Waals surface area contributed by atoms with Crippen LogP contribution in [0, 0.1) is 6.92 Å². The molecule has 1 amide bonds. The Labute approximate surface area is 152 Å². The number of aryl methyl sites for hydroxylation is 1. The smallest absolute Gasteiger partial charge is 0.241 e. The molecule has 6 heteroatoms. The monoisotopic (exact) mass is 361 g/mol. The molecule has 1 saturated heterocycles. The summed E-state index contributed by atoms with van der Waals surface area (Å²) >= 11 is 0. The second-order valence-electron chi connectivity index (χ2n) is 6.06. The first-order valence-electron chi connectivity index (χ1n) is 7.92. The summed E-state index contributed by atoms with van der Waals surface area (Å²) in [6.07, 6.45) is 3.85. The summed E-state index contributed by atoms with van der Waals surface area (Å²) in [6.45, 7) is 7.01. The highest BCUT2D eigenvalue weighted by molar-refractivity contribution is 5.85. The number of benzene rings is 1. The quantitative estimate of drug-likeness (QED) is 0.847. The van der Waals surface area contributed by atoms with E-state index < -0.39 is 6.04 Å². The highest BCUT2D eigenvalue weighted by Crippen LogP contribution is 2.15. The summed E-state index contributed by atoms with van der Waals surface area (Å²) in [5, 5.41) is 2.96. The molecule has 1 aliphatic heterocycles. The van der Waals surface area contributed by atoms with Gasteiger partial charge in [0.1, 0.15) is 6.04 Å². The third-order valence-electron chi connectivity index (χ3n) is 4.36. The van der Waals surface area contributed by atoms with Crippen molar-refractivity contribution in [1.29, 1.82) is 0 Å². The van der Waals surface area contributed by atoms with Gasteiger partial charge in [-0.1, -0.05) is 36.2 Å². The second kappa shape index (κ2) is 10.9. The molecule has 0 radical (unpaired) electrons. The van der Waals surface area contributed by atoms with E-state index in [0.29, 0.717) is 12.6 Å². The van der Waals surface area contributed by atoms with Crippen molar-refractivity contribution < 1.29 is 4.79 Å². The molecule has 4 nitrogen and oxygen atoms in total. The normalized spacial score (nSPS) is 19.2. The Morgan fingerprint density at radius 1 is 1.30 bits per heavy atom. The van der Waals surface area contributed by atoms with Crippen LogP contribution in [0.15, 0.2) is 24.3 Å². The topological polar surface area (TPSA) is 58.4 Å². The number of nitrogens with one attached hydrogen (secondary N) is 1. The maximum Gasteiger partial charge on any atom is 0.241 e. The largest absolute Gasteiger partial charge is 0.353 e. The predicted octanol–water partition coefficient (Wildman–Crippen LogP) is 2.83. The maximum absolute atomic E-state index is 12.1. The summed E-state index contributed by atoms with van der Waals surface area (Å²) in [5.41, 5.74) is 8.05. The molecule has 0 spiro atoms. The van der Waals surface area contributed by atoms with E-state index in [1.54, 1.807) is 0 Å². The molecule has 2 atom stereocenters. The molecule has 1 aromatic carbocycles. The molecule has 1 aliphatic rings. The van der Waals surface area contributed by atoms with Crippen molar-refractivity contribution >= 4 is 30.7 Å². The summed E-state index contributed by atoms with van der Waals surface area (Å²) < 4.78 is 0. The van der Waals surface area contributed by atoms with Gasteiger partial charge in [0.15, 0.2) is 0 Å². The number of carbonyl (C=O) groups excluding carboxylic acids is 1. The molecule has 23 heavy (non-hydrogen) atoms. The first kappa shape index (κ1) is 22.2. The maximum atomic E-state index is 12.1. The number of hydrogen-bond donors (Lipinski definition) is 2. The van der Waals surface area contributed by atoms with Gasteiger partial charge in [-0.15, -0.1) is 24.8 Å². The van der Waals surface area contributed by atoms with Crippen molar-refractivity contribution in [2.75, 3.05) is 19.6 Å². The number of nitrogens with two attached hydrogens (primary N) is 1. The molecule has 0 saturated carbocycles. The zero-order chi connectivity index (χ0) is 15.2. The molecule has 2 unspecified atom stereocenters. The summed E-state index contributed by atoms with van der Waals surface area (Å²) in [7, 11) is 0. The van der Waals surface area contributed by atoms with Gasteiger partial charge in [0, 0.05) is 19.1 Å². The first-order chi connectivity index (χ1) is 10.1.